The fraction of sp³-hybridized carbons (Fsp3) is 0.250. The van der Waals surface area contributed by atoms with Crippen LogP contribution in [0.25, 0.3) is 11.0 Å². The quantitative estimate of drug-likeness (QED) is 0.732. The molecule has 25 heavy (non-hydrogen) atoms. The molecule has 0 spiro atoms. The minimum Gasteiger partial charge on any atom is -0.489 e. The number of morpholine rings is 1. The van der Waals surface area contributed by atoms with E-state index in [0.717, 1.165) is 18.7 Å². The Balaban J connectivity index is 1.58. The van der Waals surface area contributed by atoms with Gasteiger partial charge in [0.1, 0.15) is 17.9 Å². The van der Waals surface area contributed by atoms with Gasteiger partial charge in [-0.25, -0.2) is 0 Å². The van der Waals surface area contributed by atoms with Gasteiger partial charge in [0, 0.05) is 19.2 Å². The summed E-state index contributed by atoms with van der Waals surface area (Å²) in [5.74, 6) is 1.25. The monoisotopic (exact) mass is 337 g/mol. The van der Waals surface area contributed by atoms with Crippen molar-refractivity contribution >= 4 is 16.9 Å². The topological polar surface area (TPSA) is 51.9 Å². The summed E-state index contributed by atoms with van der Waals surface area (Å²) in [6, 6.07) is 16.8. The number of anilines is 1. The fourth-order valence-electron chi connectivity index (χ4n) is 2.89. The molecule has 0 atom stereocenters. The van der Waals surface area contributed by atoms with Crippen LogP contribution < -0.4 is 15.1 Å². The summed E-state index contributed by atoms with van der Waals surface area (Å²) in [6.45, 7) is 3.21. The molecule has 128 valence electrons. The van der Waals surface area contributed by atoms with Gasteiger partial charge < -0.3 is 18.8 Å². The molecular formula is C20H19NO4. The van der Waals surface area contributed by atoms with E-state index in [1.54, 1.807) is 18.2 Å². The number of ether oxygens (including phenoxy) is 2. The van der Waals surface area contributed by atoms with E-state index in [9.17, 15) is 4.79 Å². The molecule has 1 saturated heterocycles. The molecule has 5 heteroatoms. The predicted octanol–water partition coefficient (Wildman–Crippen LogP) is 3.21. The normalized spacial score (nSPS) is 14.6. The van der Waals surface area contributed by atoms with Crippen molar-refractivity contribution in [1.82, 2.24) is 0 Å². The minimum absolute atomic E-state index is 0.0621. The smallest absolute Gasteiger partial charge is 0.200 e. The van der Waals surface area contributed by atoms with Crippen LogP contribution >= 0.6 is 0 Å². The molecule has 0 aliphatic carbocycles. The zero-order valence-electron chi connectivity index (χ0n) is 13.8. The van der Waals surface area contributed by atoms with Crippen molar-refractivity contribution in [1.29, 1.82) is 0 Å². The second kappa shape index (κ2) is 6.99. The van der Waals surface area contributed by atoms with Crippen molar-refractivity contribution in [3.05, 3.63) is 70.4 Å². The lowest BCUT2D eigenvalue weighted by atomic mass is 10.2. The highest BCUT2D eigenvalue weighted by atomic mass is 16.5. The van der Waals surface area contributed by atoms with E-state index in [1.807, 2.05) is 41.3 Å². The Bertz CT molecular complexity index is 914. The Labute approximate surface area is 145 Å². The van der Waals surface area contributed by atoms with Crippen molar-refractivity contribution in [3.8, 4) is 5.75 Å². The zero-order valence-corrected chi connectivity index (χ0v) is 13.8. The van der Waals surface area contributed by atoms with E-state index in [4.69, 9.17) is 13.9 Å². The summed E-state index contributed by atoms with van der Waals surface area (Å²) < 4.78 is 17.0. The fourth-order valence-corrected chi connectivity index (χ4v) is 2.89. The molecule has 0 saturated carbocycles. The molecule has 2 heterocycles. The summed E-state index contributed by atoms with van der Waals surface area (Å²) in [5.41, 5.74) is 1.59. The summed E-state index contributed by atoms with van der Waals surface area (Å²) in [6.07, 6.45) is 0. The average molecular weight is 337 g/mol. The average Bonchev–Trinajstić information content (AvgIpc) is 2.68. The van der Waals surface area contributed by atoms with Gasteiger partial charge in [-0.1, -0.05) is 30.3 Å². The number of nitrogens with zero attached hydrogens (tertiary/aromatic N) is 1. The summed E-state index contributed by atoms with van der Waals surface area (Å²) in [4.78, 5) is 14.5. The van der Waals surface area contributed by atoms with Crippen molar-refractivity contribution in [2.75, 3.05) is 31.2 Å². The summed E-state index contributed by atoms with van der Waals surface area (Å²) in [5, 5.41) is 0.530. The Morgan fingerprint density at radius 3 is 2.60 bits per heavy atom. The van der Waals surface area contributed by atoms with Crippen molar-refractivity contribution in [3.63, 3.8) is 0 Å². The first-order chi connectivity index (χ1) is 12.3. The third-order valence-corrected chi connectivity index (χ3v) is 4.26. The van der Waals surface area contributed by atoms with E-state index < -0.39 is 0 Å². The van der Waals surface area contributed by atoms with Gasteiger partial charge in [0.15, 0.2) is 11.3 Å². The Morgan fingerprint density at radius 2 is 1.80 bits per heavy atom. The van der Waals surface area contributed by atoms with Crippen LogP contribution in [-0.2, 0) is 11.3 Å². The third kappa shape index (κ3) is 3.51. The molecule has 0 radical (unpaired) electrons. The molecule has 1 aliphatic rings. The standard InChI is InChI=1S/C20H19NO4/c22-18-13-20(21-8-10-23-11-9-21)25-19-7-6-16(12-17(18)19)24-14-15-4-2-1-3-5-15/h1-7,12-13H,8-11,14H2. The van der Waals surface area contributed by atoms with Gasteiger partial charge in [0.05, 0.1) is 18.6 Å². The van der Waals surface area contributed by atoms with Gasteiger partial charge in [-0.05, 0) is 23.8 Å². The largest absolute Gasteiger partial charge is 0.489 e. The molecule has 0 unspecified atom stereocenters. The molecule has 3 aromatic rings. The van der Waals surface area contributed by atoms with E-state index in [1.165, 1.54) is 0 Å². The van der Waals surface area contributed by atoms with Crippen LogP contribution in [0.1, 0.15) is 5.56 Å². The lowest BCUT2D eigenvalue weighted by Gasteiger charge is -2.27. The molecule has 0 amide bonds. The van der Waals surface area contributed by atoms with Crippen LogP contribution in [-0.4, -0.2) is 26.3 Å². The first-order valence-corrected chi connectivity index (χ1v) is 8.37. The third-order valence-electron chi connectivity index (χ3n) is 4.26. The van der Waals surface area contributed by atoms with Gasteiger partial charge in [0.25, 0.3) is 0 Å². The maximum Gasteiger partial charge on any atom is 0.200 e. The number of benzene rings is 2. The lowest BCUT2D eigenvalue weighted by molar-refractivity contribution is 0.121. The van der Waals surface area contributed by atoms with E-state index in [2.05, 4.69) is 0 Å². The first-order valence-electron chi connectivity index (χ1n) is 8.37. The van der Waals surface area contributed by atoms with Crippen LogP contribution in [0.4, 0.5) is 5.88 Å². The highest BCUT2D eigenvalue weighted by molar-refractivity contribution is 5.79. The highest BCUT2D eigenvalue weighted by Gasteiger charge is 2.15. The maximum absolute atomic E-state index is 12.5. The van der Waals surface area contributed by atoms with Gasteiger partial charge in [-0.15, -0.1) is 0 Å². The van der Waals surface area contributed by atoms with E-state index in [0.29, 0.717) is 42.4 Å². The molecule has 1 aromatic heterocycles. The van der Waals surface area contributed by atoms with Gasteiger partial charge in [-0.3, -0.25) is 4.79 Å². The Hall–Kier alpha value is -2.79. The van der Waals surface area contributed by atoms with Gasteiger partial charge in [-0.2, -0.15) is 0 Å². The summed E-state index contributed by atoms with van der Waals surface area (Å²) in [7, 11) is 0. The molecule has 0 bridgehead atoms. The Morgan fingerprint density at radius 1 is 1.00 bits per heavy atom. The Kier molecular flexibility index (Phi) is 4.39. The van der Waals surface area contributed by atoms with Crippen LogP contribution in [0.15, 0.2) is 63.8 Å². The van der Waals surface area contributed by atoms with Crippen molar-refractivity contribution in [2.45, 2.75) is 6.61 Å². The summed E-state index contributed by atoms with van der Waals surface area (Å²) >= 11 is 0. The number of fused-ring (bicyclic) bond motifs is 1. The number of rotatable bonds is 4. The predicted molar refractivity (Wildman–Crippen MR) is 96.3 cm³/mol. The second-order valence-corrected chi connectivity index (χ2v) is 5.98. The molecule has 0 N–H and O–H groups in total. The van der Waals surface area contributed by atoms with E-state index in [-0.39, 0.29) is 5.43 Å². The van der Waals surface area contributed by atoms with Crippen LogP contribution in [0.3, 0.4) is 0 Å². The van der Waals surface area contributed by atoms with Crippen LogP contribution in [0.2, 0.25) is 0 Å². The van der Waals surface area contributed by atoms with Crippen LogP contribution in [0.5, 0.6) is 5.75 Å². The highest BCUT2D eigenvalue weighted by Crippen LogP contribution is 2.24. The molecule has 4 rings (SSSR count). The lowest BCUT2D eigenvalue weighted by Crippen LogP contribution is -2.36. The maximum atomic E-state index is 12.5. The van der Waals surface area contributed by atoms with E-state index >= 15 is 0 Å². The van der Waals surface area contributed by atoms with Crippen LogP contribution in [0, 0.1) is 0 Å². The van der Waals surface area contributed by atoms with Crippen molar-refractivity contribution in [2.24, 2.45) is 0 Å². The molecule has 5 nitrogen and oxygen atoms in total. The first kappa shape index (κ1) is 15.7. The molecule has 1 aliphatic heterocycles. The molecule has 2 aromatic carbocycles. The number of hydrogen-bond donors (Lipinski definition) is 0. The van der Waals surface area contributed by atoms with Gasteiger partial charge in [0.2, 0.25) is 0 Å². The van der Waals surface area contributed by atoms with Crippen molar-refractivity contribution < 1.29 is 13.9 Å². The van der Waals surface area contributed by atoms with Gasteiger partial charge >= 0.3 is 0 Å². The SMILES string of the molecule is O=c1cc(N2CCOCC2)oc2ccc(OCc3ccccc3)cc12. The number of hydrogen-bond acceptors (Lipinski definition) is 5. The zero-order chi connectivity index (χ0) is 17.1. The second-order valence-electron chi connectivity index (χ2n) is 5.98. The minimum atomic E-state index is -0.0621. The molecular weight excluding hydrogens is 318 g/mol. The molecule has 1 fully saturated rings.